The van der Waals surface area contributed by atoms with Crippen LogP contribution < -0.4 is 22.1 Å². The fourth-order valence-electron chi connectivity index (χ4n) is 2.40. The van der Waals surface area contributed by atoms with Gasteiger partial charge in [0.05, 0.1) is 5.56 Å². The summed E-state index contributed by atoms with van der Waals surface area (Å²) in [5.74, 6) is -1.18. The van der Waals surface area contributed by atoms with Gasteiger partial charge in [-0.25, -0.2) is 4.79 Å². The Labute approximate surface area is 159 Å². The Morgan fingerprint density at radius 2 is 1.37 bits per heavy atom. The van der Waals surface area contributed by atoms with Crippen molar-refractivity contribution in [2.45, 2.75) is 19.4 Å². The molecule has 0 bridgehead atoms. The molecule has 7 N–H and O–H groups in total. The summed E-state index contributed by atoms with van der Waals surface area (Å²) in [4.78, 5) is 36.5. The predicted octanol–water partition coefficient (Wildman–Crippen LogP) is -0.883. The van der Waals surface area contributed by atoms with Crippen molar-refractivity contribution >= 4 is 17.8 Å². The van der Waals surface area contributed by atoms with Gasteiger partial charge in [0.25, 0.3) is 0 Å². The standard InChI is InChI=1S/C18H29N5O4/c19-7-9-21-16(24)5-11-23(12-6-17(25)22-10-8-20)13-14-1-3-15(4-2-14)18(26)27/h1-4H,5-13,19-20H2,(H,21,24)(H,22,25)(H,26,27). The van der Waals surface area contributed by atoms with Crippen LogP contribution in [-0.4, -0.2) is 67.1 Å². The van der Waals surface area contributed by atoms with Crippen LogP contribution in [0.1, 0.15) is 28.8 Å². The summed E-state index contributed by atoms with van der Waals surface area (Å²) >= 11 is 0. The first kappa shape index (κ1) is 22.6. The van der Waals surface area contributed by atoms with Gasteiger partial charge < -0.3 is 27.2 Å². The summed E-state index contributed by atoms with van der Waals surface area (Å²) in [7, 11) is 0. The minimum Gasteiger partial charge on any atom is -0.478 e. The van der Waals surface area contributed by atoms with Crippen molar-refractivity contribution in [2.24, 2.45) is 11.5 Å². The van der Waals surface area contributed by atoms with Gasteiger partial charge in [-0.05, 0) is 17.7 Å². The number of carbonyl (C=O) groups is 3. The number of carboxylic acids is 1. The molecule has 0 saturated heterocycles. The molecule has 9 nitrogen and oxygen atoms in total. The molecule has 0 spiro atoms. The maximum atomic E-state index is 11.8. The van der Waals surface area contributed by atoms with Gasteiger partial charge in [-0.2, -0.15) is 0 Å². The van der Waals surface area contributed by atoms with Crippen LogP contribution >= 0.6 is 0 Å². The number of nitrogens with two attached hydrogens (primary N) is 2. The highest BCUT2D eigenvalue weighted by Crippen LogP contribution is 2.09. The van der Waals surface area contributed by atoms with Gasteiger partial charge in [0.2, 0.25) is 11.8 Å². The Morgan fingerprint density at radius 1 is 0.889 bits per heavy atom. The van der Waals surface area contributed by atoms with Crippen LogP contribution in [0.25, 0.3) is 0 Å². The van der Waals surface area contributed by atoms with Crippen molar-refractivity contribution in [1.29, 1.82) is 0 Å². The lowest BCUT2D eigenvalue weighted by molar-refractivity contribution is -0.121. The van der Waals surface area contributed by atoms with Gasteiger partial charge >= 0.3 is 5.97 Å². The number of nitrogens with one attached hydrogen (secondary N) is 2. The SMILES string of the molecule is NCCNC(=O)CCN(CCC(=O)NCCN)Cc1ccc(C(=O)O)cc1. The average Bonchev–Trinajstić information content (AvgIpc) is 2.67. The van der Waals surface area contributed by atoms with E-state index in [2.05, 4.69) is 10.6 Å². The first-order valence-electron chi connectivity index (χ1n) is 8.94. The Kier molecular flexibility index (Phi) is 10.7. The number of carboxylic acid groups (broad SMARTS) is 1. The topological polar surface area (TPSA) is 151 Å². The first-order valence-corrected chi connectivity index (χ1v) is 8.94. The van der Waals surface area contributed by atoms with Crippen LogP contribution in [0, 0.1) is 0 Å². The van der Waals surface area contributed by atoms with E-state index in [9.17, 15) is 14.4 Å². The molecular weight excluding hydrogens is 350 g/mol. The Balaban J connectivity index is 2.63. The third-order valence-electron chi connectivity index (χ3n) is 3.85. The van der Waals surface area contributed by atoms with E-state index in [1.54, 1.807) is 12.1 Å². The molecule has 27 heavy (non-hydrogen) atoms. The van der Waals surface area contributed by atoms with E-state index in [-0.39, 0.29) is 30.2 Å². The van der Waals surface area contributed by atoms with Crippen molar-refractivity contribution < 1.29 is 19.5 Å². The molecule has 0 aromatic heterocycles. The fraction of sp³-hybridized carbons (Fsp3) is 0.500. The molecule has 0 saturated carbocycles. The molecular formula is C18H29N5O4. The van der Waals surface area contributed by atoms with Crippen molar-refractivity contribution in [2.75, 3.05) is 39.3 Å². The number of amides is 2. The minimum absolute atomic E-state index is 0.0979. The molecule has 150 valence electrons. The second kappa shape index (κ2) is 12.8. The summed E-state index contributed by atoms with van der Waals surface area (Å²) in [5.41, 5.74) is 11.9. The zero-order valence-electron chi connectivity index (χ0n) is 15.4. The van der Waals surface area contributed by atoms with E-state index in [1.165, 1.54) is 12.1 Å². The number of hydrogen-bond acceptors (Lipinski definition) is 6. The molecule has 0 aliphatic rings. The van der Waals surface area contributed by atoms with Crippen LogP contribution in [0.3, 0.4) is 0 Å². The van der Waals surface area contributed by atoms with Crippen LogP contribution in [0.15, 0.2) is 24.3 Å². The third-order valence-corrected chi connectivity index (χ3v) is 3.85. The molecule has 1 aromatic rings. The fourth-order valence-corrected chi connectivity index (χ4v) is 2.40. The smallest absolute Gasteiger partial charge is 0.335 e. The van der Waals surface area contributed by atoms with E-state index in [0.29, 0.717) is 45.8 Å². The first-order chi connectivity index (χ1) is 13.0. The number of carbonyl (C=O) groups excluding carboxylic acids is 2. The Morgan fingerprint density at radius 3 is 1.78 bits per heavy atom. The molecule has 0 aliphatic carbocycles. The van der Waals surface area contributed by atoms with Gasteiger partial charge in [-0.15, -0.1) is 0 Å². The second-order valence-electron chi connectivity index (χ2n) is 6.06. The van der Waals surface area contributed by atoms with Gasteiger partial charge in [0.1, 0.15) is 0 Å². The van der Waals surface area contributed by atoms with E-state index in [4.69, 9.17) is 16.6 Å². The minimum atomic E-state index is -0.980. The summed E-state index contributed by atoms with van der Waals surface area (Å²) in [6, 6.07) is 6.55. The maximum Gasteiger partial charge on any atom is 0.335 e. The van der Waals surface area contributed by atoms with E-state index < -0.39 is 5.97 Å². The zero-order valence-corrected chi connectivity index (χ0v) is 15.4. The van der Waals surface area contributed by atoms with Crippen molar-refractivity contribution in [3.63, 3.8) is 0 Å². The number of nitrogens with zero attached hydrogens (tertiary/aromatic N) is 1. The highest BCUT2D eigenvalue weighted by atomic mass is 16.4. The van der Waals surface area contributed by atoms with E-state index in [1.807, 2.05) is 4.90 Å². The molecule has 0 unspecified atom stereocenters. The lowest BCUT2D eigenvalue weighted by Gasteiger charge is -2.22. The Hall–Kier alpha value is -2.49. The summed E-state index contributed by atoms with van der Waals surface area (Å²) in [5, 5.41) is 14.4. The van der Waals surface area contributed by atoms with Crippen LogP contribution in [0.2, 0.25) is 0 Å². The zero-order chi connectivity index (χ0) is 20.1. The van der Waals surface area contributed by atoms with Gasteiger partial charge in [0.15, 0.2) is 0 Å². The van der Waals surface area contributed by atoms with E-state index >= 15 is 0 Å². The molecule has 0 aliphatic heterocycles. The molecule has 0 radical (unpaired) electrons. The molecule has 0 fully saturated rings. The lowest BCUT2D eigenvalue weighted by atomic mass is 10.1. The average molecular weight is 379 g/mol. The third kappa shape index (κ3) is 9.69. The van der Waals surface area contributed by atoms with Gasteiger partial charge in [0, 0.05) is 58.7 Å². The number of rotatable bonds is 13. The lowest BCUT2D eigenvalue weighted by Crippen LogP contribution is -2.36. The highest BCUT2D eigenvalue weighted by Gasteiger charge is 2.12. The summed E-state index contributed by atoms with van der Waals surface area (Å²) in [6.07, 6.45) is 0.579. The molecule has 1 aromatic carbocycles. The summed E-state index contributed by atoms with van der Waals surface area (Å²) in [6.45, 7) is 3.07. The summed E-state index contributed by atoms with van der Waals surface area (Å²) < 4.78 is 0. The van der Waals surface area contributed by atoms with Gasteiger partial charge in [-0.3, -0.25) is 14.5 Å². The molecule has 0 atom stereocenters. The maximum absolute atomic E-state index is 11.8. The van der Waals surface area contributed by atoms with Crippen molar-refractivity contribution in [1.82, 2.24) is 15.5 Å². The second-order valence-corrected chi connectivity index (χ2v) is 6.06. The molecule has 9 heteroatoms. The molecule has 1 rings (SSSR count). The number of aromatic carboxylic acids is 1. The number of benzene rings is 1. The highest BCUT2D eigenvalue weighted by molar-refractivity contribution is 5.87. The monoisotopic (exact) mass is 379 g/mol. The number of hydrogen-bond donors (Lipinski definition) is 5. The van der Waals surface area contributed by atoms with Crippen molar-refractivity contribution in [3.8, 4) is 0 Å². The van der Waals surface area contributed by atoms with Crippen molar-refractivity contribution in [3.05, 3.63) is 35.4 Å². The normalized spacial score (nSPS) is 10.6. The van der Waals surface area contributed by atoms with Gasteiger partial charge in [-0.1, -0.05) is 12.1 Å². The Bertz CT molecular complexity index is 582. The largest absolute Gasteiger partial charge is 0.478 e. The van der Waals surface area contributed by atoms with Crippen LogP contribution in [0.5, 0.6) is 0 Å². The van der Waals surface area contributed by atoms with E-state index in [0.717, 1.165) is 5.56 Å². The predicted molar refractivity (Wildman–Crippen MR) is 102 cm³/mol. The van der Waals surface area contributed by atoms with Crippen LogP contribution in [-0.2, 0) is 16.1 Å². The van der Waals surface area contributed by atoms with Crippen LogP contribution in [0.4, 0.5) is 0 Å². The quantitative estimate of drug-likeness (QED) is 0.298. The molecule has 0 heterocycles. The molecule has 2 amide bonds.